The number of ether oxygens (including phenoxy) is 1. The highest BCUT2D eigenvalue weighted by molar-refractivity contribution is 14.2. The second-order valence-electron chi connectivity index (χ2n) is 4.22. The third-order valence-electron chi connectivity index (χ3n) is 2.99. The van der Waals surface area contributed by atoms with Crippen molar-refractivity contribution in [3.05, 3.63) is 46.8 Å². The van der Waals surface area contributed by atoms with Gasteiger partial charge in [0.25, 0.3) is 0 Å². The highest BCUT2D eigenvalue weighted by Gasteiger charge is 2.27. The van der Waals surface area contributed by atoms with Crippen LogP contribution in [-0.4, -0.2) is 21.6 Å². The predicted molar refractivity (Wildman–Crippen MR) is 91.0 cm³/mol. The zero-order valence-corrected chi connectivity index (χ0v) is 13.4. The summed E-state index contributed by atoms with van der Waals surface area (Å²) in [5, 5.41) is 0. The Kier molecular flexibility index (Phi) is 3.45. The van der Waals surface area contributed by atoms with E-state index in [-0.39, 0.29) is 5.97 Å². The molecule has 0 fully saturated rings. The van der Waals surface area contributed by atoms with E-state index in [9.17, 15) is 4.79 Å². The van der Waals surface area contributed by atoms with E-state index in [0.29, 0.717) is 3.92 Å². The molecule has 1 aromatic carbocycles. The van der Waals surface area contributed by atoms with Crippen molar-refractivity contribution < 1.29 is 9.53 Å². The second kappa shape index (κ2) is 5.09. The summed E-state index contributed by atoms with van der Waals surface area (Å²) in [4.78, 5) is 13.8. The van der Waals surface area contributed by atoms with Crippen molar-refractivity contribution in [2.45, 2.75) is 3.92 Å². The number of benzene rings is 1. The number of thiophene rings is 1. The van der Waals surface area contributed by atoms with Crippen molar-refractivity contribution in [1.82, 2.24) is 0 Å². The van der Waals surface area contributed by atoms with Gasteiger partial charge in [-0.3, -0.25) is 0 Å². The molecule has 0 saturated carbocycles. The third-order valence-corrected chi connectivity index (χ3v) is 7.74. The van der Waals surface area contributed by atoms with Crippen LogP contribution in [0.25, 0.3) is 10.4 Å². The largest absolute Gasteiger partial charge is 0.465 e. The van der Waals surface area contributed by atoms with Gasteiger partial charge in [-0.25, -0.2) is 4.79 Å². The smallest absolute Gasteiger partial charge is 0.348 e. The summed E-state index contributed by atoms with van der Waals surface area (Å²) in [6.07, 6.45) is 0. The van der Waals surface area contributed by atoms with Crippen LogP contribution in [-0.2, 0) is 4.74 Å². The van der Waals surface area contributed by atoms with Crippen molar-refractivity contribution in [2.24, 2.45) is 0 Å². The highest BCUT2D eigenvalue weighted by atomic mass is 127. The first-order valence-corrected chi connectivity index (χ1v) is 10.6. The van der Waals surface area contributed by atoms with Crippen LogP contribution < -0.4 is 0 Å². The molecule has 0 radical (unpaired) electrons. The van der Waals surface area contributed by atoms with Crippen LogP contribution in [0.4, 0.5) is 0 Å². The van der Waals surface area contributed by atoms with Gasteiger partial charge in [0, 0.05) is 4.88 Å². The molecule has 1 aliphatic rings. The molecule has 1 aliphatic heterocycles. The maximum Gasteiger partial charge on any atom is 0.348 e. The molecule has 0 saturated heterocycles. The molecule has 1 aromatic heterocycles. The first kappa shape index (κ1) is 12.9. The molecule has 2 heterocycles. The van der Waals surface area contributed by atoms with E-state index in [1.54, 1.807) is 0 Å². The Morgan fingerprint density at radius 3 is 2.63 bits per heavy atom. The highest BCUT2D eigenvalue weighted by Crippen LogP contribution is 2.50. The lowest BCUT2D eigenvalue weighted by Gasteiger charge is -1.98. The summed E-state index contributed by atoms with van der Waals surface area (Å²) in [5.41, 5.74) is 2.27. The quantitative estimate of drug-likeness (QED) is 0.454. The molecule has 0 spiro atoms. The minimum absolute atomic E-state index is 0.230. The molecule has 0 amide bonds. The average Bonchev–Trinajstić information content (AvgIpc) is 3.02. The molecule has 19 heavy (non-hydrogen) atoms. The molecule has 0 aliphatic carbocycles. The fraction of sp³-hybridized carbons (Fsp3) is 0.133. The number of hydrogen-bond donors (Lipinski definition) is 0. The van der Waals surface area contributed by atoms with Gasteiger partial charge in [-0.15, -0.1) is 30.2 Å². The zero-order chi connectivity index (χ0) is 13.4. The van der Waals surface area contributed by atoms with Crippen LogP contribution in [0.5, 0.6) is 0 Å². The van der Waals surface area contributed by atoms with Crippen molar-refractivity contribution in [3.63, 3.8) is 0 Å². The summed E-state index contributed by atoms with van der Waals surface area (Å²) in [5.74, 6) is -0.230. The molecule has 1 atom stereocenters. The summed E-state index contributed by atoms with van der Waals surface area (Å²) >= 11 is 0.388. The lowest BCUT2D eigenvalue weighted by molar-refractivity contribution is 0.0605. The number of hydrogen-bond acceptors (Lipinski definition) is 3. The monoisotopic (exact) mass is 384 g/mol. The Morgan fingerprint density at radius 1 is 1.37 bits per heavy atom. The van der Waals surface area contributed by atoms with Gasteiger partial charge in [0.05, 0.1) is 11.0 Å². The van der Waals surface area contributed by atoms with E-state index in [0.717, 1.165) is 20.9 Å². The predicted octanol–water partition coefficient (Wildman–Crippen LogP) is 4.00. The van der Waals surface area contributed by atoms with E-state index in [4.69, 9.17) is 4.74 Å². The zero-order valence-electron chi connectivity index (χ0n) is 10.4. The summed E-state index contributed by atoms with van der Waals surface area (Å²) in [7, 11) is 1.44. The number of halogens is 1. The number of esters is 1. The van der Waals surface area contributed by atoms with Gasteiger partial charge in [0.1, 0.15) is 4.88 Å². The van der Waals surface area contributed by atoms with E-state index in [2.05, 4.69) is 26.7 Å². The molecule has 2 nitrogen and oxygen atoms in total. The van der Waals surface area contributed by atoms with Gasteiger partial charge in [0.15, 0.2) is 0 Å². The second-order valence-corrected chi connectivity index (χ2v) is 9.81. The molecule has 0 N–H and O–H groups in total. The number of methoxy groups -OCH3 is 1. The molecular weight excluding hydrogens is 371 g/mol. The van der Waals surface area contributed by atoms with Crippen LogP contribution in [0.3, 0.4) is 0 Å². The first-order valence-electron chi connectivity index (χ1n) is 5.79. The Balaban J connectivity index is 2.06. The topological polar surface area (TPSA) is 26.3 Å². The van der Waals surface area contributed by atoms with E-state index < -0.39 is 18.9 Å². The number of carbonyl (C=O) groups excluding carboxylic acids is 1. The van der Waals surface area contributed by atoms with Crippen LogP contribution in [0, 0.1) is 0 Å². The number of rotatable bonds is 3. The SMILES string of the molecule is C=I1=CC1c1cc(-c2ccccc2)sc1C(=O)OC. The molecular formula is C15H13IO2S. The lowest BCUT2D eigenvalue weighted by atomic mass is 10.1. The molecule has 4 heteroatoms. The maximum atomic E-state index is 11.9. The van der Waals surface area contributed by atoms with Gasteiger partial charge in [-0.05, 0) is 21.2 Å². The summed E-state index contributed by atoms with van der Waals surface area (Å²) in [6, 6.07) is 12.3. The van der Waals surface area contributed by atoms with Crippen molar-refractivity contribution in [3.8, 4) is 10.4 Å². The van der Waals surface area contributed by atoms with Gasteiger partial charge < -0.3 is 4.74 Å². The first-order chi connectivity index (χ1) is 9.20. The Labute approximate surface area is 122 Å². The van der Waals surface area contributed by atoms with Crippen molar-refractivity contribution >= 4 is 44.7 Å². The molecule has 1 unspecified atom stereocenters. The van der Waals surface area contributed by atoms with Gasteiger partial charge in [-0.1, -0.05) is 34.8 Å². The Bertz CT molecular complexity index is 709. The lowest BCUT2D eigenvalue weighted by Crippen LogP contribution is -2.01. The minimum Gasteiger partial charge on any atom is -0.465 e. The Morgan fingerprint density at radius 2 is 2.05 bits per heavy atom. The Hall–Kier alpha value is -1.14. The van der Waals surface area contributed by atoms with Gasteiger partial charge >= 0.3 is 5.97 Å². The summed E-state index contributed by atoms with van der Waals surface area (Å²) in [6.45, 7) is 0. The third kappa shape index (κ3) is 2.47. The number of alkyl halides is 1. The fourth-order valence-electron chi connectivity index (χ4n) is 1.94. The van der Waals surface area contributed by atoms with Gasteiger partial charge in [-0.2, -0.15) is 0 Å². The normalized spacial score (nSPS) is 17.8. The molecule has 98 valence electrons. The number of carbonyl (C=O) groups is 1. The molecule has 3 rings (SSSR count). The van der Waals surface area contributed by atoms with Crippen molar-refractivity contribution in [2.75, 3.05) is 7.11 Å². The standard InChI is InChI=1S/C15H13IO2S/c1-16-9-12(16)11-8-13(10-6-4-3-5-7-10)19-14(11)15(17)18-2/h3-9,12H,1H2,2H3. The van der Waals surface area contributed by atoms with Crippen molar-refractivity contribution in [1.29, 1.82) is 0 Å². The molecule has 2 aromatic rings. The van der Waals surface area contributed by atoms with E-state index in [1.807, 2.05) is 18.2 Å². The van der Waals surface area contributed by atoms with Gasteiger partial charge in [0.2, 0.25) is 0 Å². The van der Waals surface area contributed by atoms with E-state index >= 15 is 0 Å². The van der Waals surface area contributed by atoms with Crippen LogP contribution in [0.1, 0.15) is 19.2 Å². The maximum absolute atomic E-state index is 11.9. The average molecular weight is 384 g/mol. The van der Waals surface area contributed by atoms with Crippen LogP contribution >= 0.6 is 30.2 Å². The van der Waals surface area contributed by atoms with E-state index in [1.165, 1.54) is 18.4 Å². The van der Waals surface area contributed by atoms with Crippen LogP contribution in [0.15, 0.2) is 36.4 Å². The van der Waals surface area contributed by atoms with Crippen LogP contribution in [0.2, 0.25) is 0 Å². The molecule has 0 bridgehead atoms. The fourth-order valence-corrected chi connectivity index (χ4v) is 6.97. The minimum atomic E-state index is -1.13. The summed E-state index contributed by atoms with van der Waals surface area (Å²) < 4.78 is 11.8.